The molecule has 2 unspecified atom stereocenters. The maximum absolute atomic E-state index is 2.44. The molecule has 2 aliphatic rings. The highest BCUT2D eigenvalue weighted by Crippen LogP contribution is 2.46. The highest BCUT2D eigenvalue weighted by atomic mass is 14.4. The zero-order valence-electron chi connectivity index (χ0n) is 14.8. The minimum Gasteiger partial charge on any atom is -0.0579 e. The monoisotopic (exact) mass is 284 g/mol. The molecule has 0 heteroatoms. The first-order valence-electron chi connectivity index (χ1n) is 8.83. The molecule has 0 N–H and O–H groups in total. The molecule has 1 aromatic rings. The molecule has 0 aromatic heterocycles. The van der Waals surface area contributed by atoms with E-state index in [2.05, 4.69) is 53.7 Å². The smallest absolute Gasteiger partial charge is 0.0129 e. The molecule has 3 rings (SSSR count). The molecule has 1 aromatic carbocycles. The molecular weight excluding hydrogens is 252 g/mol. The molecule has 0 radical (unpaired) electrons. The largest absolute Gasteiger partial charge is 0.0579 e. The highest BCUT2D eigenvalue weighted by molar-refractivity contribution is 5.48. The highest BCUT2D eigenvalue weighted by Gasteiger charge is 2.37. The minimum atomic E-state index is 0.270. The van der Waals surface area contributed by atoms with Crippen LogP contribution in [0.4, 0.5) is 0 Å². The fourth-order valence-electron chi connectivity index (χ4n) is 4.74. The Balaban J connectivity index is 2.16. The second-order valence-corrected chi connectivity index (χ2v) is 9.48. The van der Waals surface area contributed by atoms with Gasteiger partial charge in [-0.05, 0) is 70.6 Å². The van der Waals surface area contributed by atoms with Gasteiger partial charge in [-0.25, -0.2) is 0 Å². The van der Waals surface area contributed by atoms with E-state index in [4.69, 9.17) is 0 Å². The van der Waals surface area contributed by atoms with Crippen LogP contribution in [0.5, 0.6) is 0 Å². The van der Waals surface area contributed by atoms with Gasteiger partial charge in [0.15, 0.2) is 0 Å². The summed E-state index contributed by atoms with van der Waals surface area (Å²) in [5, 5.41) is 0. The number of rotatable bonds is 0. The van der Waals surface area contributed by atoms with Crippen molar-refractivity contribution in [3.05, 3.63) is 34.4 Å². The van der Waals surface area contributed by atoms with Crippen LogP contribution < -0.4 is 0 Å². The molecule has 2 aliphatic carbocycles. The van der Waals surface area contributed by atoms with E-state index >= 15 is 0 Å². The fourth-order valence-corrected chi connectivity index (χ4v) is 4.74. The van der Waals surface area contributed by atoms with Crippen molar-refractivity contribution in [1.29, 1.82) is 0 Å². The van der Waals surface area contributed by atoms with Gasteiger partial charge < -0.3 is 0 Å². The summed E-state index contributed by atoms with van der Waals surface area (Å²) in [6.07, 6.45) is 7.08. The van der Waals surface area contributed by atoms with Crippen LogP contribution in [0.25, 0.3) is 0 Å². The van der Waals surface area contributed by atoms with E-state index in [9.17, 15) is 0 Å². The molecule has 21 heavy (non-hydrogen) atoms. The Morgan fingerprint density at radius 1 is 0.714 bits per heavy atom. The van der Waals surface area contributed by atoms with Crippen molar-refractivity contribution >= 4 is 0 Å². The van der Waals surface area contributed by atoms with Crippen molar-refractivity contribution in [1.82, 2.24) is 0 Å². The van der Waals surface area contributed by atoms with Crippen molar-refractivity contribution in [3.63, 3.8) is 0 Å². The van der Waals surface area contributed by atoms with Crippen molar-refractivity contribution in [3.8, 4) is 0 Å². The second kappa shape index (κ2) is 4.86. The number of benzene rings is 1. The molecule has 0 nitrogen and oxygen atoms in total. The van der Waals surface area contributed by atoms with Crippen LogP contribution in [0.15, 0.2) is 12.1 Å². The summed E-state index contributed by atoms with van der Waals surface area (Å²) in [5.74, 6) is 1.93. The van der Waals surface area contributed by atoms with E-state index < -0.39 is 0 Å². The van der Waals surface area contributed by atoms with Gasteiger partial charge in [0.2, 0.25) is 0 Å². The predicted molar refractivity (Wildman–Crippen MR) is 92.1 cm³/mol. The quantitative estimate of drug-likeness (QED) is 0.565. The summed E-state index contributed by atoms with van der Waals surface area (Å²) >= 11 is 0. The van der Waals surface area contributed by atoms with Gasteiger partial charge in [-0.1, -0.05) is 60.1 Å². The molecule has 0 heterocycles. The summed E-state index contributed by atoms with van der Waals surface area (Å²) < 4.78 is 0. The Morgan fingerprint density at radius 2 is 1.10 bits per heavy atom. The first kappa shape index (κ1) is 15.1. The summed E-state index contributed by atoms with van der Waals surface area (Å²) in [6.45, 7) is 14.3. The van der Waals surface area contributed by atoms with Crippen LogP contribution in [0.2, 0.25) is 0 Å². The zero-order valence-corrected chi connectivity index (χ0v) is 14.8. The van der Waals surface area contributed by atoms with Gasteiger partial charge in [-0.2, -0.15) is 0 Å². The zero-order chi connectivity index (χ0) is 15.4. The van der Waals surface area contributed by atoms with Crippen LogP contribution >= 0.6 is 0 Å². The first-order chi connectivity index (χ1) is 9.68. The molecule has 1 saturated carbocycles. The number of hydrogen-bond acceptors (Lipinski definition) is 0. The maximum atomic E-state index is 2.44. The summed E-state index contributed by atoms with van der Waals surface area (Å²) in [6, 6.07) is 4.88. The SMILES string of the molecule is CC(C)(C)c1ccc(C(C)(C)C)c2c1CC1CCCC1C2. The lowest BCUT2D eigenvalue weighted by Gasteiger charge is -2.37. The molecule has 2 atom stereocenters. The van der Waals surface area contributed by atoms with Crippen LogP contribution in [0, 0.1) is 11.8 Å². The average molecular weight is 284 g/mol. The third-order valence-electron chi connectivity index (χ3n) is 5.80. The summed E-state index contributed by atoms with van der Waals surface area (Å²) in [5.41, 5.74) is 7.19. The Kier molecular flexibility index (Phi) is 3.50. The molecule has 0 spiro atoms. The third kappa shape index (κ3) is 2.67. The predicted octanol–water partition coefficient (Wildman–Crippen LogP) is 5.80. The van der Waals surface area contributed by atoms with Crippen molar-refractivity contribution in [2.24, 2.45) is 11.8 Å². The molecule has 0 amide bonds. The van der Waals surface area contributed by atoms with E-state index in [1.807, 2.05) is 0 Å². The number of fused-ring (bicyclic) bond motifs is 2. The standard InChI is InChI=1S/C21H32/c1-20(2,3)18-10-11-19(21(4,5)6)17-13-15-9-7-8-14(15)12-16(17)18/h10-11,14-15H,7-9,12-13H2,1-6H3. The van der Waals surface area contributed by atoms with Gasteiger partial charge in [0.1, 0.15) is 0 Å². The van der Waals surface area contributed by atoms with Crippen LogP contribution in [0.1, 0.15) is 83.1 Å². The minimum absolute atomic E-state index is 0.270. The molecule has 0 saturated heterocycles. The summed E-state index contributed by atoms with van der Waals surface area (Å²) in [4.78, 5) is 0. The van der Waals surface area contributed by atoms with Crippen LogP contribution in [0.3, 0.4) is 0 Å². The average Bonchev–Trinajstić information content (AvgIpc) is 2.79. The van der Waals surface area contributed by atoms with E-state index in [1.165, 1.54) is 32.1 Å². The van der Waals surface area contributed by atoms with E-state index in [-0.39, 0.29) is 10.8 Å². The van der Waals surface area contributed by atoms with Gasteiger partial charge in [-0.3, -0.25) is 0 Å². The lowest BCUT2D eigenvalue weighted by Crippen LogP contribution is -2.28. The van der Waals surface area contributed by atoms with Gasteiger partial charge >= 0.3 is 0 Å². The van der Waals surface area contributed by atoms with Crippen LogP contribution in [-0.4, -0.2) is 0 Å². The van der Waals surface area contributed by atoms with Gasteiger partial charge in [-0.15, -0.1) is 0 Å². The molecule has 1 fully saturated rings. The maximum Gasteiger partial charge on any atom is -0.0129 e. The molecule has 0 aliphatic heterocycles. The topological polar surface area (TPSA) is 0 Å². The van der Waals surface area contributed by atoms with E-state index in [1.54, 1.807) is 22.3 Å². The van der Waals surface area contributed by atoms with Crippen molar-refractivity contribution < 1.29 is 0 Å². The lowest BCUT2D eigenvalue weighted by molar-refractivity contribution is 0.352. The normalized spacial score (nSPS) is 25.6. The molecule has 0 bridgehead atoms. The van der Waals surface area contributed by atoms with E-state index in [0.717, 1.165) is 11.8 Å². The Hall–Kier alpha value is -0.780. The second-order valence-electron chi connectivity index (χ2n) is 9.48. The van der Waals surface area contributed by atoms with Crippen molar-refractivity contribution in [2.75, 3.05) is 0 Å². The van der Waals surface area contributed by atoms with E-state index in [0.29, 0.717) is 0 Å². The fraction of sp³-hybridized carbons (Fsp3) is 0.714. The first-order valence-corrected chi connectivity index (χ1v) is 8.83. The Labute approximate surface area is 131 Å². The van der Waals surface area contributed by atoms with Gasteiger partial charge in [0.05, 0.1) is 0 Å². The van der Waals surface area contributed by atoms with Gasteiger partial charge in [0, 0.05) is 0 Å². The van der Waals surface area contributed by atoms with Crippen molar-refractivity contribution in [2.45, 2.75) is 84.5 Å². The molecule has 116 valence electrons. The lowest BCUT2D eigenvalue weighted by atomic mass is 9.68. The Bertz CT molecular complexity index is 487. The van der Waals surface area contributed by atoms with Crippen LogP contribution in [-0.2, 0) is 23.7 Å². The number of hydrogen-bond donors (Lipinski definition) is 0. The Morgan fingerprint density at radius 3 is 1.43 bits per heavy atom. The van der Waals surface area contributed by atoms with Gasteiger partial charge in [0.25, 0.3) is 0 Å². The molecular formula is C21H32. The summed E-state index contributed by atoms with van der Waals surface area (Å²) in [7, 11) is 0. The third-order valence-corrected chi connectivity index (χ3v) is 5.80.